The van der Waals surface area contributed by atoms with Crippen LogP contribution in [0.5, 0.6) is 0 Å². The van der Waals surface area contributed by atoms with Crippen LogP contribution in [0.3, 0.4) is 0 Å². The van der Waals surface area contributed by atoms with Crippen molar-refractivity contribution in [1.29, 1.82) is 0 Å². The van der Waals surface area contributed by atoms with Gasteiger partial charge < -0.3 is 15.4 Å². The Kier molecular flexibility index (Phi) is 6.37. The highest BCUT2D eigenvalue weighted by Crippen LogP contribution is 2.38. The maximum absolute atomic E-state index is 11.6. The highest BCUT2D eigenvalue weighted by Gasteiger charge is 2.39. The number of carbonyl (C=O) groups is 1. The van der Waals surface area contributed by atoms with Gasteiger partial charge in [0.15, 0.2) is 0 Å². The first-order valence-corrected chi connectivity index (χ1v) is 9.92. The second-order valence-electron chi connectivity index (χ2n) is 7.27. The Morgan fingerprint density at radius 1 is 1.38 bits per heavy atom. The van der Waals surface area contributed by atoms with E-state index in [0.29, 0.717) is 17.7 Å². The van der Waals surface area contributed by atoms with Gasteiger partial charge in [0.2, 0.25) is 0 Å². The molecule has 6 nitrogen and oxygen atoms in total. The highest BCUT2D eigenvalue weighted by molar-refractivity contribution is 6.30. The van der Waals surface area contributed by atoms with Gasteiger partial charge in [0.1, 0.15) is 0 Å². The summed E-state index contributed by atoms with van der Waals surface area (Å²) < 4.78 is 4.99. The molecule has 7 heteroatoms. The van der Waals surface area contributed by atoms with Crippen LogP contribution in [0, 0.1) is 0 Å². The average molecular weight is 381 g/mol. The van der Waals surface area contributed by atoms with E-state index in [-0.39, 0.29) is 17.7 Å². The molecule has 1 aromatic heterocycles. The number of alkyl carbamates (subject to hydrolysis) is 1. The van der Waals surface area contributed by atoms with Gasteiger partial charge in [-0.15, -0.1) is 0 Å². The molecule has 2 fully saturated rings. The number of nitrogens with one attached hydrogen (secondary N) is 2. The van der Waals surface area contributed by atoms with E-state index in [2.05, 4.69) is 20.5 Å². The third-order valence-corrected chi connectivity index (χ3v) is 6.06. The lowest BCUT2D eigenvalue weighted by molar-refractivity contribution is 0.126. The van der Waals surface area contributed by atoms with Crippen molar-refractivity contribution in [2.45, 2.75) is 56.7 Å². The quantitative estimate of drug-likeness (QED) is 0.822. The van der Waals surface area contributed by atoms with E-state index < -0.39 is 0 Å². The third kappa shape index (κ3) is 4.30. The molecule has 1 amide bonds. The Labute approximate surface area is 160 Å². The van der Waals surface area contributed by atoms with Gasteiger partial charge in [-0.3, -0.25) is 9.88 Å². The molecule has 26 heavy (non-hydrogen) atoms. The molecule has 2 heterocycles. The number of hydrogen-bond acceptors (Lipinski definition) is 5. The third-order valence-electron chi connectivity index (χ3n) is 5.84. The number of carbonyl (C=O) groups excluding carboxylic acids is 1. The van der Waals surface area contributed by atoms with E-state index >= 15 is 0 Å². The first-order chi connectivity index (χ1) is 12.6. The number of amides is 1. The van der Waals surface area contributed by atoms with Gasteiger partial charge in [-0.25, -0.2) is 4.79 Å². The number of hydrogen-bond donors (Lipinski definition) is 2. The molecule has 2 aliphatic rings. The molecule has 1 saturated heterocycles. The van der Waals surface area contributed by atoms with Crippen LogP contribution in [-0.2, 0) is 10.3 Å². The van der Waals surface area contributed by atoms with Crippen molar-refractivity contribution in [2.75, 3.05) is 26.7 Å². The molecule has 1 atom stereocenters. The zero-order valence-electron chi connectivity index (χ0n) is 15.6. The molecule has 2 N–H and O–H groups in total. The minimum absolute atomic E-state index is 0.0661. The molecule has 3 rings (SSSR count). The van der Waals surface area contributed by atoms with Crippen LogP contribution in [0.15, 0.2) is 18.3 Å². The zero-order chi connectivity index (χ0) is 18.6. The van der Waals surface area contributed by atoms with Crippen LogP contribution in [0.1, 0.15) is 44.7 Å². The van der Waals surface area contributed by atoms with Gasteiger partial charge in [0.05, 0.1) is 22.9 Å². The summed E-state index contributed by atoms with van der Waals surface area (Å²) in [5.74, 6) is 0. The topological polar surface area (TPSA) is 66.5 Å². The van der Waals surface area contributed by atoms with Crippen LogP contribution in [0.4, 0.5) is 4.79 Å². The van der Waals surface area contributed by atoms with Crippen LogP contribution >= 0.6 is 11.6 Å². The van der Waals surface area contributed by atoms with Gasteiger partial charge in [0.25, 0.3) is 0 Å². The summed E-state index contributed by atoms with van der Waals surface area (Å²) in [7, 11) is 2.02. The summed E-state index contributed by atoms with van der Waals surface area (Å²) in [6, 6.07) is 4.72. The predicted molar refractivity (Wildman–Crippen MR) is 102 cm³/mol. The first-order valence-electron chi connectivity index (χ1n) is 9.54. The average Bonchev–Trinajstić information content (AvgIpc) is 3.11. The van der Waals surface area contributed by atoms with Gasteiger partial charge in [-0.1, -0.05) is 11.6 Å². The minimum atomic E-state index is -0.300. The zero-order valence-corrected chi connectivity index (χ0v) is 16.4. The van der Waals surface area contributed by atoms with E-state index in [9.17, 15) is 4.79 Å². The van der Waals surface area contributed by atoms with Gasteiger partial charge >= 0.3 is 6.09 Å². The van der Waals surface area contributed by atoms with Crippen LogP contribution in [0.2, 0.25) is 5.02 Å². The van der Waals surface area contributed by atoms with Crippen molar-refractivity contribution in [3.63, 3.8) is 0 Å². The SMILES string of the molecule is CCOC(=O)N[C@H]1CCN(C2CCC(NC)(c3ccc(Cl)cn3)CC2)C1. The molecule has 0 radical (unpaired) electrons. The molecule has 0 unspecified atom stereocenters. The van der Waals surface area contributed by atoms with E-state index in [1.54, 1.807) is 6.20 Å². The van der Waals surface area contributed by atoms with Crippen LogP contribution < -0.4 is 10.6 Å². The number of likely N-dealkylation sites (tertiary alicyclic amines) is 1. The Bertz CT molecular complexity index is 602. The van der Waals surface area contributed by atoms with Crippen molar-refractivity contribution in [3.05, 3.63) is 29.0 Å². The molecule has 144 valence electrons. The molecule has 0 spiro atoms. The molecule has 0 aromatic carbocycles. The van der Waals surface area contributed by atoms with Crippen LogP contribution in [-0.4, -0.2) is 54.8 Å². The summed E-state index contributed by atoms with van der Waals surface area (Å²) in [6.07, 6.45) is 6.77. The Balaban J connectivity index is 1.55. The van der Waals surface area contributed by atoms with Gasteiger partial charge in [-0.2, -0.15) is 0 Å². The minimum Gasteiger partial charge on any atom is -0.450 e. The second kappa shape index (κ2) is 8.55. The standard InChI is InChI=1S/C19H29ClN4O2/c1-3-26-18(25)23-15-8-11-24(13-15)16-6-9-19(21-2,10-7-16)17-5-4-14(20)12-22-17/h4-5,12,15-16,21H,3,6-11,13H2,1-2H3,(H,23,25)/t15-,16?,19?/m0/s1. The molecular formula is C19H29ClN4O2. The van der Waals surface area contributed by atoms with Gasteiger partial charge in [0, 0.05) is 31.4 Å². The second-order valence-corrected chi connectivity index (χ2v) is 7.71. The van der Waals surface area contributed by atoms with E-state index in [1.807, 2.05) is 26.1 Å². The Morgan fingerprint density at radius 3 is 2.77 bits per heavy atom. The monoisotopic (exact) mass is 380 g/mol. The Morgan fingerprint density at radius 2 is 2.15 bits per heavy atom. The molecular weight excluding hydrogens is 352 g/mol. The molecule has 1 saturated carbocycles. The lowest BCUT2D eigenvalue weighted by Crippen LogP contribution is -2.48. The normalized spacial score (nSPS) is 29.5. The molecule has 1 aliphatic heterocycles. The van der Waals surface area contributed by atoms with Gasteiger partial charge in [-0.05, 0) is 58.2 Å². The number of ether oxygens (including phenoxy) is 1. The number of pyridine rings is 1. The summed E-state index contributed by atoms with van der Waals surface area (Å²) in [4.78, 5) is 18.7. The fourth-order valence-electron chi connectivity index (χ4n) is 4.33. The maximum Gasteiger partial charge on any atom is 0.407 e. The van der Waals surface area contributed by atoms with E-state index in [4.69, 9.17) is 16.3 Å². The van der Waals surface area contributed by atoms with Crippen molar-refractivity contribution in [2.24, 2.45) is 0 Å². The molecule has 1 aromatic rings. The number of halogens is 1. The smallest absolute Gasteiger partial charge is 0.407 e. The number of rotatable bonds is 5. The largest absolute Gasteiger partial charge is 0.450 e. The fraction of sp³-hybridized carbons (Fsp3) is 0.684. The summed E-state index contributed by atoms with van der Waals surface area (Å²) in [5, 5.41) is 7.16. The summed E-state index contributed by atoms with van der Waals surface area (Å²) >= 11 is 5.99. The predicted octanol–water partition coefficient (Wildman–Crippen LogP) is 2.91. The van der Waals surface area contributed by atoms with Crippen molar-refractivity contribution in [3.8, 4) is 0 Å². The Hall–Kier alpha value is -1.37. The van der Waals surface area contributed by atoms with Crippen molar-refractivity contribution >= 4 is 17.7 Å². The molecule has 1 aliphatic carbocycles. The summed E-state index contributed by atoms with van der Waals surface area (Å²) in [5.41, 5.74) is 1.01. The van der Waals surface area contributed by atoms with Crippen LogP contribution in [0.25, 0.3) is 0 Å². The summed E-state index contributed by atoms with van der Waals surface area (Å²) in [6.45, 7) is 4.19. The number of aromatic nitrogens is 1. The number of nitrogens with zero attached hydrogens (tertiary/aromatic N) is 2. The fourth-order valence-corrected chi connectivity index (χ4v) is 4.44. The van der Waals surface area contributed by atoms with E-state index in [0.717, 1.165) is 50.9 Å². The maximum atomic E-state index is 11.6. The van der Waals surface area contributed by atoms with Crippen molar-refractivity contribution < 1.29 is 9.53 Å². The lowest BCUT2D eigenvalue weighted by atomic mass is 9.76. The highest BCUT2D eigenvalue weighted by atomic mass is 35.5. The first kappa shape index (κ1) is 19.4. The lowest BCUT2D eigenvalue weighted by Gasteiger charge is -2.42. The van der Waals surface area contributed by atoms with E-state index in [1.165, 1.54) is 0 Å². The van der Waals surface area contributed by atoms with Crippen molar-refractivity contribution in [1.82, 2.24) is 20.5 Å². The molecule has 0 bridgehead atoms.